The number of ether oxygens (including phenoxy) is 2. The van der Waals surface area contributed by atoms with Crippen molar-refractivity contribution in [3.05, 3.63) is 11.8 Å². The minimum Gasteiger partial charge on any atom is -0.479 e. The molecule has 0 aliphatic carbocycles. The van der Waals surface area contributed by atoms with E-state index in [1.165, 1.54) is 7.11 Å². The minimum absolute atomic E-state index is 0.00667. The molecule has 0 saturated carbocycles. The molecule has 1 aromatic heterocycles. The number of likely N-dealkylation sites (tertiary alicyclic amines) is 1. The number of carbonyl (C=O) groups is 1. The van der Waals surface area contributed by atoms with Gasteiger partial charge in [-0.05, 0) is 0 Å². The average Bonchev–Trinajstić information content (AvgIpc) is 3.06. The molecule has 0 unspecified atom stereocenters. The molecule has 0 aromatic carbocycles. The summed E-state index contributed by atoms with van der Waals surface area (Å²) < 4.78 is 12.6. The second kappa shape index (κ2) is 5.29. The lowest BCUT2D eigenvalue weighted by molar-refractivity contribution is 0.00346. The fraction of sp³-hybridized carbons (Fsp3) is 0.692. The standard InChI is InChI=1S/C13H19N3O3S/c1-15-9-10(11(14-15)18-2)12(17)16-5-3-13(4-6-16)19-7-8-20-13/h9H,3-8H2,1-2H3. The van der Waals surface area contributed by atoms with Gasteiger partial charge in [0.2, 0.25) is 5.88 Å². The molecule has 6 nitrogen and oxygen atoms in total. The van der Waals surface area contributed by atoms with Crippen LogP contribution in [0.15, 0.2) is 6.20 Å². The van der Waals surface area contributed by atoms with Crippen LogP contribution in [-0.4, -0.2) is 58.1 Å². The number of hydrogen-bond donors (Lipinski definition) is 0. The highest BCUT2D eigenvalue weighted by molar-refractivity contribution is 8.00. The van der Waals surface area contributed by atoms with Crippen molar-refractivity contribution in [2.45, 2.75) is 17.8 Å². The Morgan fingerprint density at radius 2 is 2.25 bits per heavy atom. The Labute approximate surface area is 122 Å². The van der Waals surface area contributed by atoms with Crippen LogP contribution in [0.4, 0.5) is 0 Å². The SMILES string of the molecule is COc1nn(C)cc1C(=O)N1CCC2(CC1)OCCS2. The first kappa shape index (κ1) is 13.8. The fourth-order valence-electron chi connectivity index (χ4n) is 2.77. The maximum Gasteiger partial charge on any atom is 0.260 e. The molecule has 3 heterocycles. The van der Waals surface area contributed by atoms with Crippen LogP contribution in [0.3, 0.4) is 0 Å². The summed E-state index contributed by atoms with van der Waals surface area (Å²) in [4.78, 5) is 14.4. The van der Waals surface area contributed by atoms with Gasteiger partial charge in [0.25, 0.3) is 5.91 Å². The number of carbonyl (C=O) groups excluding carboxylic acids is 1. The maximum absolute atomic E-state index is 12.5. The van der Waals surface area contributed by atoms with Crippen molar-refractivity contribution in [2.24, 2.45) is 7.05 Å². The van der Waals surface area contributed by atoms with E-state index in [1.54, 1.807) is 17.9 Å². The largest absolute Gasteiger partial charge is 0.479 e. The van der Waals surface area contributed by atoms with Crippen LogP contribution < -0.4 is 4.74 Å². The van der Waals surface area contributed by atoms with Gasteiger partial charge in [0, 0.05) is 44.9 Å². The Morgan fingerprint density at radius 1 is 1.50 bits per heavy atom. The van der Waals surface area contributed by atoms with Crippen molar-refractivity contribution in [3.8, 4) is 5.88 Å². The van der Waals surface area contributed by atoms with Gasteiger partial charge in [0.1, 0.15) is 10.5 Å². The monoisotopic (exact) mass is 297 g/mol. The van der Waals surface area contributed by atoms with E-state index in [9.17, 15) is 4.79 Å². The van der Waals surface area contributed by atoms with Crippen molar-refractivity contribution in [2.75, 3.05) is 32.6 Å². The fourth-order valence-corrected chi connectivity index (χ4v) is 3.95. The summed E-state index contributed by atoms with van der Waals surface area (Å²) in [6, 6.07) is 0. The zero-order valence-corrected chi connectivity index (χ0v) is 12.6. The van der Waals surface area contributed by atoms with Gasteiger partial charge in [0.15, 0.2) is 0 Å². The third-order valence-corrected chi connectivity index (χ3v) is 5.27. The molecule has 1 amide bonds. The number of rotatable bonds is 2. The quantitative estimate of drug-likeness (QED) is 0.819. The van der Waals surface area contributed by atoms with Crippen LogP contribution in [-0.2, 0) is 11.8 Å². The van der Waals surface area contributed by atoms with E-state index < -0.39 is 0 Å². The minimum atomic E-state index is -0.0458. The molecule has 2 aliphatic heterocycles. The Morgan fingerprint density at radius 3 is 2.85 bits per heavy atom. The molecule has 2 fully saturated rings. The molecule has 1 aromatic rings. The van der Waals surface area contributed by atoms with Crippen molar-refractivity contribution >= 4 is 17.7 Å². The van der Waals surface area contributed by atoms with Gasteiger partial charge in [-0.3, -0.25) is 9.48 Å². The van der Waals surface area contributed by atoms with Gasteiger partial charge < -0.3 is 14.4 Å². The summed E-state index contributed by atoms with van der Waals surface area (Å²) in [5, 5.41) is 4.13. The predicted octanol–water partition coefficient (Wildman–Crippen LogP) is 1.12. The molecule has 20 heavy (non-hydrogen) atoms. The van der Waals surface area contributed by atoms with Gasteiger partial charge in [-0.15, -0.1) is 16.9 Å². The van der Waals surface area contributed by atoms with E-state index in [4.69, 9.17) is 9.47 Å². The Bertz CT molecular complexity index is 501. The van der Waals surface area contributed by atoms with Gasteiger partial charge in [-0.2, -0.15) is 0 Å². The number of aryl methyl sites for hydroxylation is 1. The molecule has 0 N–H and O–H groups in total. The predicted molar refractivity (Wildman–Crippen MR) is 76.0 cm³/mol. The Balaban J connectivity index is 1.69. The number of nitrogens with zero attached hydrogens (tertiary/aromatic N) is 3. The zero-order chi connectivity index (χ0) is 14.2. The number of methoxy groups -OCH3 is 1. The highest BCUT2D eigenvalue weighted by atomic mass is 32.2. The van der Waals surface area contributed by atoms with Crippen LogP contribution >= 0.6 is 11.8 Å². The van der Waals surface area contributed by atoms with Crippen LogP contribution in [0.1, 0.15) is 23.2 Å². The van der Waals surface area contributed by atoms with Gasteiger partial charge in [-0.1, -0.05) is 0 Å². The van der Waals surface area contributed by atoms with Crippen molar-refractivity contribution < 1.29 is 14.3 Å². The first-order valence-corrected chi connectivity index (χ1v) is 7.77. The Hall–Kier alpha value is -1.21. The average molecular weight is 297 g/mol. The molecular formula is C13H19N3O3S. The van der Waals surface area contributed by atoms with E-state index >= 15 is 0 Å². The topological polar surface area (TPSA) is 56.6 Å². The summed E-state index contributed by atoms with van der Waals surface area (Å²) >= 11 is 1.89. The van der Waals surface area contributed by atoms with E-state index in [-0.39, 0.29) is 10.8 Å². The first-order valence-electron chi connectivity index (χ1n) is 6.78. The lowest BCUT2D eigenvalue weighted by Gasteiger charge is -2.37. The van der Waals surface area contributed by atoms with Crippen LogP contribution in [0.2, 0.25) is 0 Å². The van der Waals surface area contributed by atoms with Crippen LogP contribution in [0.5, 0.6) is 5.88 Å². The lowest BCUT2D eigenvalue weighted by Crippen LogP contribution is -2.45. The smallest absolute Gasteiger partial charge is 0.260 e. The highest BCUT2D eigenvalue weighted by Gasteiger charge is 2.40. The molecule has 0 atom stereocenters. The zero-order valence-electron chi connectivity index (χ0n) is 11.8. The number of piperidine rings is 1. The molecule has 0 radical (unpaired) electrons. The summed E-state index contributed by atoms with van der Waals surface area (Å²) in [5.74, 6) is 1.45. The number of aromatic nitrogens is 2. The molecule has 7 heteroatoms. The number of thioether (sulfide) groups is 1. The van der Waals surface area contributed by atoms with Crippen molar-refractivity contribution in [1.29, 1.82) is 0 Å². The number of amides is 1. The summed E-state index contributed by atoms with van der Waals surface area (Å²) in [5.41, 5.74) is 0.533. The first-order chi connectivity index (χ1) is 9.63. The van der Waals surface area contributed by atoms with Gasteiger partial charge >= 0.3 is 0 Å². The molecule has 110 valence electrons. The van der Waals surface area contributed by atoms with E-state index in [2.05, 4.69) is 5.10 Å². The lowest BCUT2D eigenvalue weighted by atomic mass is 10.1. The molecule has 2 aliphatic rings. The highest BCUT2D eigenvalue weighted by Crippen LogP contribution is 2.41. The molecule has 0 bridgehead atoms. The molecule has 3 rings (SSSR count). The number of hydrogen-bond acceptors (Lipinski definition) is 5. The van der Waals surface area contributed by atoms with Gasteiger partial charge in [-0.25, -0.2) is 0 Å². The molecule has 1 spiro atoms. The third kappa shape index (κ3) is 2.40. The molecule has 2 saturated heterocycles. The maximum atomic E-state index is 12.5. The molecular weight excluding hydrogens is 278 g/mol. The van der Waals surface area contributed by atoms with Crippen molar-refractivity contribution in [3.63, 3.8) is 0 Å². The van der Waals surface area contributed by atoms with Crippen LogP contribution in [0.25, 0.3) is 0 Å². The normalized spacial score (nSPS) is 21.4. The second-order valence-corrected chi connectivity index (χ2v) is 6.57. The second-order valence-electron chi connectivity index (χ2n) is 5.13. The summed E-state index contributed by atoms with van der Waals surface area (Å²) in [6.07, 6.45) is 3.50. The van der Waals surface area contributed by atoms with Crippen molar-refractivity contribution in [1.82, 2.24) is 14.7 Å². The van der Waals surface area contributed by atoms with Gasteiger partial charge in [0.05, 0.1) is 13.7 Å². The van der Waals surface area contributed by atoms with E-state index in [1.807, 2.05) is 16.7 Å². The van der Waals surface area contributed by atoms with Crippen LogP contribution in [0, 0.1) is 0 Å². The third-order valence-electron chi connectivity index (χ3n) is 3.84. The summed E-state index contributed by atoms with van der Waals surface area (Å²) in [6.45, 7) is 2.28. The summed E-state index contributed by atoms with van der Waals surface area (Å²) in [7, 11) is 3.32. The Kier molecular flexibility index (Phi) is 3.64. The van der Waals surface area contributed by atoms with E-state index in [0.29, 0.717) is 11.4 Å². The van der Waals surface area contributed by atoms with E-state index in [0.717, 1.165) is 38.3 Å².